The summed E-state index contributed by atoms with van der Waals surface area (Å²) in [7, 11) is 1.76. The van der Waals surface area contributed by atoms with E-state index in [1.165, 1.54) is 18.2 Å². The highest BCUT2D eigenvalue weighted by Crippen LogP contribution is 2.08. The highest BCUT2D eigenvalue weighted by molar-refractivity contribution is 5.92. The largest absolute Gasteiger partial charge is 0.325 e. The number of benzene rings is 1. The standard InChI is InChI=1S/C13H16FN3O/c1-10(7-15)8-17(2)9-13(18)16-12-5-3-4-11(14)6-12/h3-6,10H,8-9H2,1-2H3,(H,16,18)/t10-/m1/s1. The molecule has 0 unspecified atom stereocenters. The number of nitrogens with zero attached hydrogens (tertiary/aromatic N) is 2. The van der Waals surface area contributed by atoms with Gasteiger partial charge in [0.1, 0.15) is 5.82 Å². The molecule has 0 radical (unpaired) electrons. The SMILES string of the molecule is C[C@H](C#N)CN(C)CC(=O)Nc1cccc(F)c1. The highest BCUT2D eigenvalue weighted by Gasteiger charge is 2.10. The molecule has 0 heterocycles. The van der Waals surface area contributed by atoms with Crippen LogP contribution in [0.1, 0.15) is 6.92 Å². The van der Waals surface area contributed by atoms with Crippen LogP contribution in [0.2, 0.25) is 0 Å². The van der Waals surface area contributed by atoms with Crippen molar-refractivity contribution in [3.63, 3.8) is 0 Å². The molecule has 0 spiro atoms. The fraction of sp³-hybridized carbons (Fsp3) is 0.385. The molecule has 0 aliphatic rings. The molecule has 1 aromatic rings. The zero-order valence-corrected chi connectivity index (χ0v) is 10.5. The molecule has 0 aliphatic carbocycles. The molecule has 5 heteroatoms. The number of likely N-dealkylation sites (N-methyl/N-ethyl adjacent to an activating group) is 1. The van der Waals surface area contributed by atoms with E-state index in [-0.39, 0.29) is 24.2 Å². The van der Waals surface area contributed by atoms with E-state index >= 15 is 0 Å². The van der Waals surface area contributed by atoms with Gasteiger partial charge in [-0.1, -0.05) is 6.07 Å². The van der Waals surface area contributed by atoms with Gasteiger partial charge in [0, 0.05) is 12.2 Å². The van der Waals surface area contributed by atoms with E-state index in [0.717, 1.165) is 0 Å². The molecular formula is C13H16FN3O. The van der Waals surface area contributed by atoms with Crippen molar-refractivity contribution in [3.8, 4) is 6.07 Å². The number of nitrogens with one attached hydrogen (secondary N) is 1. The first kappa shape index (κ1) is 14.1. The minimum Gasteiger partial charge on any atom is -0.325 e. The Morgan fingerprint density at radius 3 is 2.94 bits per heavy atom. The summed E-state index contributed by atoms with van der Waals surface area (Å²) in [5.74, 6) is -0.746. The number of amides is 1. The fourth-order valence-electron chi connectivity index (χ4n) is 1.58. The quantitative estimate of drug-likeness (QED) is 0.866. The second kappa shape index (κ2) is 6.72. The van der Waals surface area contributed by atoms with E-state index in [9.17, 15) is 9.18 Å². The number of hydrogen-bond donors (Lipinski definition) is 1. The summed E-state index contributed by atoms with van der Waals surface area (Å²) in [4.78, 5) is 13.4. The molecule has 18 heavy (non-hydrogen) atoms. The number of carbonyl (C=O) groups is 1. The summed E-state index contributed by atoms with van der Waals surface area (Å²) in [5, 5.41) is 11.3. The molecule has 1 aromatic carbocycles. The Kier molecular flexibility index (Phi) is 5.28. The van der Waals surface area contributed by atoms with Crippen LogP contribution in [0.3, 0.4) is 0 Å². The predicted octanol–water partition coefficient (Wildman–Crippen LogP) is 1.86. The van der Waals surface area contributed by atoms with Crippen molar-refractivity contribution in [1.82, 2.24) is 4.90 Å². The number of carbonyl (C=O) groups excluding carboxylic acids is 1. The summed E-state index contributed by atoms with van der Waals surface area (Å²) < 4.78 is 12.9. The lowest BCUT2D eigenvalue weighted by Gasteiger charge is -2.17. The predicted molar refractivity (Wildman–Crippen MR) is 67.3 cm³/mol. The van der Waals surface area contributed by atoms with Gasteiger partial charge in [-0.05, 0) is 32.2 Å². The van der Waals surface area contributed by atoms with Gasteiger partial charge in [0.15, 0.2) is 0 Å². The van der Waals surface area contributed by atoms with Crippen molar-refractivity contribution in [2.24, 2.45) is 5.92 Å². The van der Waals surface area contributed by atoms with E-state index < -0.39 is 0 Å². The summed E-state index contributed by atoms with van der Waals surface area (Å²) in [5.41, 5.74) is 0.432. The lowest BCUT2D eigenvalue weighted by atomic mass is 10.2. The monoisotopic (exact) mass is 249 g/mol. The molecule has 0 saturated heterocycles. The Morgan fingerprint density at radius 2 is 2.33 bits per heavy atom. The summed E-state index contributed by atoms with van der Waals surface area (Å²) in [6, 6.07) is 7.84. The second-order valence-corrected chi connectivity index (χ2v) is 4.29. The molecule has 0 aliphatic heterocycles. The van der Waals surface area contributed by atoms with Crippen LogP contribution in [0.4, 0.5) is 10.1 Å². The second-order valence-electron chi connectivity index (χ2n) is 4.29. The molecule has 1 N–H and O–H groups in total. The normalized spacial score (nSPS) is 11.9. The number of anilines is 1. The van der Waals surface area contributed by atoms with Crippen molar-refractivity contribution < 1.29 is 9.18 Å². The van der Waals surface area contributed by atoms with E-state index in [1.54, 1.807) is 24.9 Å². The van der Waals surface area contributed by atoms with E-state index in [4.69, 9.17) is 5.26 Å². The van der Waals surface area contributed by atoms with Crippen LogP contribution in [0, 0.1) is 23.1 Å². The van der Waals surface area contributed by atoms with Crippen LogP contribution < -0.4 is 5.32 Å². The van der Waals surface area contributed by atoms with Crippen molar-refractivity contribution in [3.05, 3.63) is 30.1 Å². The van der Waals surface area contributed by atoms with Crippen molar-refractivity contribution >= 4 is 11.6 Å². The Balaban J connectivity index is 2.45. The molecule has 1 amide bonds. The molecule has 1 atom stereocenters. The molecule has 0 aromatic heterocycles. The van der Waals surface area contributed by atoms with Gasteiger partial charge < -0.3 is 5.32 Å². The van der Waals surface area contributed by atoms with Crippen molar-refractivity contribution in [1.29, 1.82) is 5.26 Å². The first-order valence-corrected chi connectivity index (χ1v) is 5.65. The number of rotatable bonds is 5. The Bertz CT molecular complexity index is 456. The molecule has 4 nitrogen and oxygen atoms in total. The molecule has 1 rings (SSSR count). The third-order valence-corrected chi connectivity index (χ3v) is 2.33. The number of nitriles is 1. The zero-order chi connectivity index (χ0) is 13.5. The molecular weight excluding hydrogens is 233 g/mol. The maximum atomic E-state index is 12.9. The molecule has 0 saturated carbocycles. The van der Waals surface area contributed by atoms with Crippen molar-refractivity contribution in [2.75, 3.05) is 25.5 Å². The van der Waals surface area contributed by atoms with Crippen LogP contribution in [-0.2, 0) is 4.79 Å². The van der Waals surface area contributed by atoms with Gasteiger partial charge in [-0.25, -0.2) is 4.39 Å². The summed E-state index contributed by atoms with van der Waals surface area (Å²) in [6.07, 6.45) is 0. The Labute approximate surface area is 106 Å². The van der Waals surface area contributed by atoms with Gasteiger partial charge in [0.05, 0.1) is 18.5 Å². The lowest BCUT2D eigenvalue weighted by Crippen LogP contribution is -2.32. The minimum atomic E-state index is -0.390. The van der Waals surface area contributed by atoms with Crippen molar-refractivity contribution in [2.45, 2.75) is 6.92 Å². The smallest absolute Gasteiger partial charge is 0.238 e. The van der Waals surface area contributed by atoms with Crippen LogP contribution in [-0.4, -0.2) is 30.9 Å². The van der Waals surface area contributed by atoms with E-state index in [0.29, 0.717) is 12.2 Å². The number of hydrogen-bond acceptors (Lipinski definition) is 3. The third-order valence-electron chi connectivity index (χ3n) is 2.33. The van der Waals surface area contributed by atoms with Gasteiger partial charge in [-0.2, -0.15) is 5.26 Å². The van der Waals surface area contributed by atoms with Gasteiger partial charge in [-0.15, -0.1) is 0 Å². The first-order chi connectivity index (χ1) is 8.51. The van der Waals surface area contributed by atoms with E-state index in [1.807, 2.05) is 0 Å². The fourth-order valence-corrected chi connectivity index (χ4v) is 1.58. The first-order valence-electron chi connectivity index (χ1n) is 5.65. The van der Waals surface area contributed by atoms with E-state index in [2.05, 4.69) is 11.4 Å². The molecule has 0 fully saturated rings. The molecule has 96 valence electrons. The number of halogens is 1. The maximum Gasteiger partial charge on any atom is 0.238 e. The van der Waals surface area contributed by atoms with Gasteiger partial charge in [0.2, 0.25) is 5.91 Å². The van der Waals surface area contributed by atoms with Crippen LogP contribution >= 0.6 is 0 Å². The van der Waals surface area contributed by atoms with Crippen LogP contribution in [0.5, 0.6) is 0 Å². The summed E-state index contributed by atoms with van der Waals surface area (Å²) in [6.45, 7) is 2.48. The average Bonchev–Trinajstić information content (AvgIpc) is 2.28. The summed E-state index contributed by atoms with van der Waals surface area (Å²) >= 11 is 0. The van der Waals surface area contributed by atoms with Crippen LogP contribution in [0.25, 0.3) is 0 Å². The maximum absolute atomic E-state index is 12.9. The van der Waals surface area contributed by atoms with Gasteiger partial charge in [0.25, 0.3) is 0 Å². The van der Waals surface area contributed by atoms with Gasteiger partial charge >= 0.3 is 0 Å². The minimum absolute atomic E-state index is 0.128. The Hall–Kier alpha value is -1.93. The Morgan fingerprint density at radius 1 is 1.61 bits per heavy atom. The van der Waals surface area contributed by atoms with Crippen LogP contribution in [0.15, 0.2) is 24.3 Å². The zero-order valence-electron chi connectivity index (χ0n) is 10.5. The topological polar surface area (TPSA) is 56.1 Å². The third kappa shape index (κ3) is 4.93. The highest BCUT2D eigenvalue weighted by atomic mass is 19.1. The van der Waals surface area contributed by atoms with Gasteiger partial charge in [-0.3, -0.25) is 9.69 Å². The molecule has 0 bridgehead atoms. The lowest BCUT2D eigenvalue weighted by molar-refractivity contribution is -0.117. The average molecular weight is 249 g/mol.